The lowest BCUT2D eigenvalue weighted by Crippen LogP contribution is -2.36. The number of rotatable bonds is 5. The Balaban J connectivity index is 2.26. The molecule has 1 saturated heterocycles. The van der Waals surface area contributed by atoms with Crippen LogP contribution in [0.15, 0.2) is 29.2 Å². The van der Waals surface area contributed by atoms with Gasteiger partial charge in [0.1, 0.15) is 10.7 Å². The molecule has 4 nitrogen and oxygen atoms in total. The van der Waals surface area contributed by atoms with E-state index in [9.17, 15) is 12.8 Å². The van der Waals surface area contributed by atoms with Crippen molar-refractivity contribution in [3.63, 3.8) is 0 Å². The SMILES string of the molecule is O=S(=O)(c1ccccc1F)N1CCCC1CCCO. The minimum atomic E-state index is -3.77. The van der Waals surface area contributed by atoms with Crippen LogP contribution in [-0.2, 0) is 10.0 Å². The van der Waals surface area contributed by atoms with E-state index in [2.05, 4.69) is 0 Å². The van der Waals surface area contributed by atoms with Crippen LogP contribution >= 0.6 is 0 Å². The van der Waals surface area contributed by atoms with Gasteiger partial charge < -0.3 is 5.11 Å². The van der Waals surface area contributed by atoms with Crippen LogP contribution in [-0.4, -0.2) is 37.0 Å². The van der Waals surface area contributed by atoms with Crippen LogP contribution < -0.4 is 0 Å². The number of hydrogen-bond acceptors (Lipinski definition) is 3. The second-order valence-electron chi connectivity index (χ2n) is 4.71. The van der Waals surface area contributed by atoms with E-state index in [0.29, 0.717) is 19.4 Å². The van der Waals surface area contributed by atoms with Crippen LogP contribution in [0.4, 0.5) is 4.39 Å². The fourth-order valence-corrected chi connectivity index (χ4v) is 4.31. The summed E-state index contributed by atoms with van der Waals surface area (Å²) in [4.78, 5) is -0.258. The molecule has 1 N–H and O–H groups in total. The molecule has 1 fully saturated rings. The van der Waals surface area contributed by atoms with Crippen LogP contribution in [0.3, 0.4) is 0 Å². The highest BCUT2D eigenvalue weighted by Crippen LogP contribution is 2.29. The zero-order chi connectivity index (χ0) is 13.9. The van der Waals surface area contributed by atoms with Crippen molar-refractivity contribution in [2.24, 2.45) is 0 Å². The first-order valence-electron chi connectivity index (χ1n) is 6.44. The van der Waals surface area contributed by atoms with Gasteiger partial charge in [-0.3, -0.25) is 0 Å². The maximum Gasteiger partial charge on any atom is 0.246 e. The molecule has 0 saturated carbocycles. The Labute approximate surface area is 112 Å². The molecule has 0 aliphatic carbocycles. The third kappa shape index (κ3) is 2.96. The number of benzene rings is 1. The molecule has 2 rings (SSSR count). The topological polar surface area (TPSA) is 57.6 Å². The lowest BCUT2D eigenvalue weighted by molar-refractivity contribution is 0.264. The van der Waals surface area contributed by atoms with Gasteiger partial charge in [-0.2, -0.15) is 4.31 Å². The van der Waals surface area contributed by atoms with Gasteiger partial charge in [0.2, 0.25) is 10.0 Å². The molecule has 1 aliphatic heterocycles. The fraction of sp³-hybridized carbons (Fsp3) is 0.538. The molecule has 1 aliphatic rings. The van der Waals surface area contributed by atoms with Gasteiger partial charge in [-0.05, 0) is 37.8 Å². The summed E-state index contributed by atoms with van der Waals surface area (Å²) < 4.78 is 40.0. The minimum Gasteiger partial charge on any atom is -0.396 e. The molecule has 106 valence electrons. The molecule has 6 heteroatoms. The summed E-state index contributed by atoms with van der Waals surface area (Å²) >= 11 is 0. The molecule has 1 heterocycles. The van der Waals surface area contributed by atoms with Crippen molar-refractivity contribution in [1.29, 1.82) is 0 Å². The van der Waals surface area contributed by atoms with Gasteiger partial charge in [0.15, 0.2) is 0 Å². The molecule has 1 aromatic carbocycles. The van der Waals surface area contributed by atoms with E-state index in [4.69, 9.17) is 5.11 Å². The van der Waals surface area contributed by atoms with E-state index in [-0.39, 0.29) is 17.5 Å². The van der Waals surface area contributed by atoms with E-state index < -0.39 is 15.8 Å². The first-order valence-corrected chi connectivity index (χ1v) is 7.88. The number of halogens is 1. The summed E-state index contributed by atoms with van der Waals surface area (Å²) in [5.74, 6) is -0.713. The Kier molecular flexibility index (Phi) is 4.54. The average molecular weight is 287 g/mol. The summed E-state index contributed by atoms with van der Waals surface area (Å²) in [6.07, 6.45) is 2.73. The molecule has 19 heavy (non-hydrogen) atoms. The van der Waals surface area contributed by atoms with E-state index in [1.165, 1.54) is 22.5 Å². The van der Waals surface area contributed by atoms with Gasteiger partial charge in [0, 0.05) is 19.2 Å². The average Bonchev–Trinajstić information content (AvgIpc) is 2.85. The second-order valence-corrected chi connectivity index (χ2v) is 6.57. The van der Waals surface area contributed by atoms with Crippen molar-refractivity contribution in [2.45, 2.75) is 36.6 Å². The highest BCUT2D eigenvalue weighted by Gasteiger charge is 2.36. The molecular weight excluding hydrogens is 269 g/mol. The van der Waals surface area contributed by atoms with E-state index in [0.717, 1.165) is 18.9 Å². The normalized spacial score (nSPS) is 20.8. The highest BCUT2D eigenvalue weighted by molar-refractivity contribution is 7.89. The maximum absolute atomic E-state index is 13.7. The van der Waals surface area contributed by atoms with E-state index in [1.54, 1.807) is 0 Å². The molecule has 1 aromatic rings. The molecule has 0 radical (unpaired) electrons. The highest BCUT2D eigenvalue weighted by atomic mass is 32.2. The van der Waals surface area contributed by atoms with Gasteiger partial charge in [0.05, 0.1) is 0 Å². The third-order valence-electron chi connectivity index (χ3n) is 3.44. The van der Waals surface area contributed by atoms with Crippen LogP contribution in [0.25, 0.3) is 0 Å². The van der Waals surface area contributed by atoms with Gasteiger partial charge in [-0.15, -0.1) is 0 Å². The van der Waals surface area contributed by atoms with Gasteiger partial charge in [0.25, 0.3) is 0 Å². The molecule has 1 unspecified atom stereocenters. The van der Waals surface area contributed by atoms with Crippen LogP contribution in [0.2, 0.25) is 0 Å². The number of hydrogen-bond donors (Lipinski definition) is 1. The summed E-state index contributed by atoms with van der Waals surface area (Å²) in [6.45, 7) is 0.469. The fourth-order valence-electron chi connectivity index (χ4n) is 2.52. The Morgan fingerprint density at radius 3 is 2.79 bits per heavy atom. The number of aliphatic hydroxyl groups excluding tert-OH is 1. The Morgan fingerprint density at radius 2 is 2.11 bits per heavy atom. The lowest BCUT2D eigenvalue weighted by Gasteiger charge is -2.24. The van der Waals surface area contributed by atoms with Crippen LogP contribution in [0, 0.1) is 5.82 Å². The van der Waals surface area contributed by atoms with E-state index >= 15 is 0 Å². The zero-order valence-corrected chi connectivity index (χ0v) is 11.4. The predicted molar refractivity (Wildman–Crippen MR) is 69.6 cm³/mol. The Bertz CT molecular complexity index is 532. The quantitative estimate of drug-likeness (QED) is 0.897. The monoisotopic (exact) mass is 287 g/mol. The molecule has 0 aromatic heterocycles. The standard InChI is InChI=1S/C13H18FNO3S/c14-12-7-1-2-8-13(12)19(17,18)15-9-3-5-11(15)6-4-10-16/h1-2,7-8,11,16H,3-6,9-10H2. The van der Waals surface area contributed by atoms with Crippen molar-refractivity contribution in [3.8, 4) is 0 Å². The first kappa shape index (κ1) is 14.4. The molecule has 0 amide bonds. The lowest BCUT2D eigenvalue weighted by atomic mass is 10.1. The maximum atomic E-state index is 13.7. The summed E-state index contributed by atoms with van der Waals surface area (Å²) in [5, 5.41) is 8.85. The smallest absolute Gasteiger partial charge is 0.246 e. The van der Waals surface area contributed by atoms with Crippen molar-refractivity contribution < 1.29 is 17.9 Å². The van der Waals surface area contributed by atoms with Crippen LogP contribution in [0.5, 0.6) is 0 Å². The second kappa shape index (κ2) is 5.98. The summed E-state index contributed by atoms with van der Waals surface area (Å²) in [5.41, 5.74) is 0. The van der Waals surface area contributed by atoms with Crippen molar-refractivity contribution in [3.05, 3.63) is 30.1 Å². The summed E-state index contributed by atoms with van der Waals surface area (Å²) in [7, 11) is -3.77. The van der Waals surface area contributed by atoms with Crippen molar-refractivity contribution in [2.75, 3.05) is 13.2 Å². The number of aliphatic hydroxyl groups is 1. The first-order chi connectivity index (χ1) is 9.07. The van der Waals surface area contributed by atoms with E-state index in [1.807, 2.05) is 0 Å². The summed E-state index contributed by atoms with van der Waals surface area (Å²) in [6, 6.07) is 5.32. The van der Waals surface area contributed by atoms with Gasteiger partial charge >= 0.3 is 0 Å². The van der Waals surface area contributed by atoms with Crippen molar-refractivity contribution in [1.82, 2.24) is 4.31 Å². The Morgan fingerprint density at radius 1 is 1.37 bits per heavy atom. The largest absolute Gasteiger partial charge is 0.396 e. The molecule has 0 spiro atoms. The predicted octanol–water partition coefficient (Wildman–Crippen LogP) is 1.75. The molecular formula is C13H18FNO3S. The van der Waals surface area contributed by atoms with Gasteiger partial charge in [-0.25, -0.2) is 12.8 Å². The minimum absolute atomic E-state index is 0.0457. The zero-order valence-electron chi connectivity index (χ0n) is 10.6. The number of sulfonamides is 1. The number of nitrogens with zero attached hydrogens (tertiary/aromatic N) is 1. The van der Waals surface area contributed by atoms with Gasteiger partial charge in [-0.1, -0.05) is 12.1 Å². The van der Waals surface area contributed by atoms with Crippen molar-refractivity contribution >= 4 is 10.0 Å². The Hall–Kier alpha value is -0.980. The molecule has 0 bridgehead atoms. The third-order valence-corrected chi connectivity index (χ3v) is 5.43. The molecule has 1 atom stereocenters. The van der Waals surface area contributed by atoms with Crippen LogP contribution in [0.1, 0.15) is 25.7 Å².